The molecular weight excluding hydrogens is 380 g/mol. The van der Waals surface area contributed by atoms with Crippen LogP contribution in [0.25, 0.3) is 6.08 Å². The van der Waals surface area contributed by atoms with Crippen molar-refractivity contribution in [3.63, 3.8) is 0 Å². The molecule has 1 aromatic carbocycles. The Hall–Kier alpha value is -3.07. The molecule has 29 heavy (non-hydrogen) atoms. The summed E-state index contributed by atoms with van der Waals surface area (Å²) in [6, 6.07) is 4.86. The van der Waals surface area contributed by atoms with E-state index >= 15 is 0 Å². The maximum Gasteiger partial charge on any atom is 0.331 e. The standard InChI is InChI=1S/C20H28N2O7/c1-14(2)27-10-4-9-22-19(24)13-29-20(25)8-6-15-5-7-16(17(11-15)26-3)28-12-18(21)23/h5-8,11,14H,4,9-10,12-13H2,1-3H3,(H2,21,23)(H,22,24)/b8-6+. The summed E-state index contributed by atoms with van der Waals surface area (Å²) in [5, 5.41) is 2.64. The van der Waals surface area contributed by atoms with Crippen LogP contribution in [-0.2, 0) is 23.9 Å². The highest BCUT2D eigenvalue weighted by Crippen LogP contribution is 2.28. The molecule has 0 bridgehead atoms. The van der Waals surface area contributed by atoms with Crippen molar-refractivity contribution in [2.24, 2.45) is 5.73 Å². The molecule has 3 N–H and O–H groups in total. The van der Waals surface area contributed by atoms with Gasteiger partial charge in [-0.15, -0.1) is 0 Å². The molecule has 0 aliphatic rings. The molecule has 0 saturated heterocycles. The predicted octanol–water partition coefficient (Wildman–Crippen LogP) is 1.05. The van der Waals surface area contributed by atoms with Gasteiger partial charge < -0.3 is 30.0 Å². The quantitative estimate of drug-likeness (QED) is 0.284. The average molecular weight is 408 g/mol. The first-order chi connectivity index (χ1) is 13.8. The number of hydrogen-bond acceptors (Lipinski definition) is 7. The second-order valence-electron chi connectivity index (χ2n) is 6.23. The van der Waals surface area contributed by atoms with Crippen LogP contribution in [0.15, 0.2) is 24.3 Å². The van der Waals surface area contributed by atoms with E-state index in [0.717, 1.165) is 0 Å². The molecule has 0 fully saturated rings. The van der Waals surface area contributed by atoms with E-state index in [2.05, 4.69) is 5.32 Å². The van der Waals surface area contributed by atoms with Gasteiger partial charge in [0.2, 0.25) is 0 Å². The zero-order valence-electron chi connectivity index (χ0n) is 16.9. The monoisotopic (exact) mass is 408 g/mol. The van der Waals surface area contributed by atoms with Crippen LogP contribution in [0.2, 0.25) is 0 Å². The van der Waals surface area contributed by atoms with Gasteiger partial charge in [0, 0.05) is 19.2 Å². The fourth-order valence-corrected chi connectivity index (χ4v) is 2.08. The summed E-state index contributed by atoms with van der Waals surface area (Å²) in [5.41, 5.74) is 5.68. The van der Waals surface area contributed by atoms with E-state index in [1.165, 1.54) is 19.3 Å². The lowest BCUT2D eigenvalue weighted by Gasteiger charge is -2.10. The zero-order valence-corrected chi connectivity index (χ0v) is 16.9. The molecule has 0 spiro atoms. The second kappa shape index (κ2) is 13.2. The van der Waals surface area contributed by atoms with Crippen molar-refractivity contribution in [2.45, 2.75) is 26.4 Å². The molecule has 2 amide bonds. The molecule has 0 radical (unpaired) electrons. The Labute approximate surface area is 170 Å². The van der Waals surface area contributed by atoms with Crippen molar-refractivity contribution in [1.29, 1.82) is 0 Å². The lowest BCUT2D eigenvalue weighted by Crippen LogP contribution is -2.30. The summed E-state index contributed by atoms with van der Waals surface area (Å²) in [7, 11) is 1.45. The fraction of sp³-hybridized carbons (Fsp3) is 0.450. The minimum atomic E-state index is -0.656. The van der Waals surface area contributed by atoms with Crippen LogP contribution in [-0.4, -0.2) is 57.4 Å². The number of ether oxygens (including phenoxy) is 4. The van der Waals surface area contributed by atoms with E-state index < -0.39 is 11.9 Å². The fourth-order valence-electron chi connectivity index (χ4n) is 2.08. The van der Waals surface area contributed by atoms with Crippen LogP contribution < -0.4 is 20.5 Å². The second-order valence-corrected chi connectivity index (χ2v) is 6.23. The Bertz CT molecular complexity index is 717. The molecule has 9 heteroatoms. The van der Waals surface area contributed by atoms with Crippen LogP contribution in [0.5, 0.6) is 11.5 Å². The van der Waals surface area contributed by atoms with Crippen molar-refractivity contribution >= 4 is 23.9 Å². The number of nitrogens with two attached hydrogens (primary N) is 1. The predicted molar refractivity (Wildman–Crippen MR) is 106 cm³/mol. The number of carbonyl (C=O) groups excluding carboxylic acids is 3. The summed E-state index contributed by atoms with van der Waals surface area (Å²) >= 11 is 0. The summed E-state index contributed by atoms with van der Waals surface area (Å²) < 4.78 is 20.7. The third-order valence-corrected chi connectivity index (χ3v) is 3.41. The minimum absolute atomic E-state index is 0.150. The van der Waals surface area contributed by atoms with Crippen LogP contribution in [0.3, 0.4) is 0 Å². The van der Waals surface area contributed by atoms with E-state index in [0.29, 0.717) is 36.6 Å². The van der Waals surface area contributed by atoms with Gasteiger partial charge in [0.25, 0.3) is 11.8 Å². The number of methoxy groups -OCH3 is 1. The molecule has 0 saturated carbocycles. The third kappa shape index (κ3) is 10.7. The SMILES string of the molecule is COc1cc(/C=C/C(=O)OCC(=O)NCCCOC(C)C)ccc1OCC(N)=O. The molecule has 1 rings (SSSR count). The molecule has 1 aromatic rings. The normalized spacial score (nSPS) is 10.8. The Morgan fingerprint density at radius 1 is 1.17 bits per heavy atom. The molecule has 0 atom stereocenters. The average Bonchev–Trinajstić information content (AvgIpc) is 2.68. The number of hydrogen-bond donors (Lipinski definition) is 2. The maximum atomic E-state index is 11.8. The van der Waals surface area contributed by atoms with E-state index in [1.54, 1.807) is 18.2 Å². The van der Waals surface area contributed by atoms with Crippen molar-refractivity contribution < 1.29 is 33.3 Å². The Morgan fingerprint density at radius 3 is 2.59 bits per heavy atom. The molecule has 0 aliphatic carbocycles. The lowest BCUT2D eigenvalue weighted by molar-refractivity contribution is -0.143. The van der Waals surface area contributed by atoms with Gasteiger partial charge in [0.05, 0.1) is 13.2 Å². The highest BCUT2D eigenvalue weighted by molar-refractivity contribution is 5.89. The van der Waals surface area contributed by atoms with Gasteiger partial charge in [-0.3, -0.25) is 9.59 Å². The number of primary amides is 1. The Balaban J connectivity index is 2.41. The number of amides is 2. The summed E-state index contributed by atoms with van der Waals surface area (Å²) in [6.45, 7) is 4.24. The summed E-state index contributed by atoms with van der Waals surface area (Å²) in [6.07, 6.45) is 3.53. The van der Waals surface area contributed by atoms with Gasteiger partial charge >= 0.3 is 5.97 Å². The molecule has 9 nitrogen and oxygen atoms in total. The van der Waals surface area contributed by atoms with Crippen molar-refractivity contribution in [1.82, 2.24) is 5.32 Å². The third-order valence-electron chi connectivity index (χ3n) is 3.41. The molecule has 160 valence electrons. The van der Waals surface area contributed by atoms with Crippen LogP contribution >= 0.6 is 0 Å². The molecule has 0 heterocycles. The number of carbonyl (C=O) groups is 3. The molecule has 0 unspecified atom stereocenters. The highest BCUT2D eigenvalue weighted by atomic mass is 16.5. The van der Waals surface area contributed by atoms with Gasteiger partial charge in [-0.25, -0.2) is 4.79 Å². The van der Waals surface area contributed by atoms with Gasteiger partial charge in [0.15, 0.2) is 24.7 Å². The number of nitrogens with one attached hydrogen (secondary N) is 1. The number of rotatable bonds is 13. The van der Waals surface area contributed by atoms with Crippen molar-refractivity contribution in [2.75, 3.05) is 33.5 Å². The van der Waals surface area contributed by atoms with Gasteiger partial charge in [-0.2, -0.15) is 0 Å². The van der Waals surface area contributed by atoms with E-state index in [9.17, 15) is 14.4 Å². The number of benzene rings is 1. The van der Waals surface area contributed by atoms with Gasteiger partial charge in [-0.05, 0) is 44.0 Å². The van der Waals surface area contributed by atoms with Crippen LogP contribution in [0.4, 0.5) is 0 Å². The lowest BCUT2D eigenvalue weighted by atomic mass is 10.2. The Kier molecular flexibility index (Phi) is 10.9. The van der Waals surface area contributed by atoms with Crippen LogP contribution in [0, 0.1) is 0 Å². The first kappa shape index (κ1) is 24.0. The van der Waals surface area contributed by atoms with Crippen molar-refractivity contribution in [3.8, 4) is 11.5 Å². The molecule has 0 aromatic heterocycles. The van der Waals surface area contributed by atoms with Gasteiger partial charge in [-0.1, -0.05) is 6.07 Å². The van der Waals surface area contributed by atoms with E-state index in [1.807, 2.05) is 13.8 Å². The first-order valence-electron chi connectivity index (χ1n) is 9.14. The maximum absolute atomic E-state index is 11.8. The first-order valence-corrected chi connectivity index (χ1v) is 9.14. The van der Waals surface area contributed by atoms with E-state index in [-0.39, 0.29) is 25.2 Å². The summed E-state index contributed by atoms with van der Waals surface area (Å²) in [5.74, 6) is -0.916. The number of esters is 1. The topological polar surface area (TPSA) is 126 Å². The minimum Gasteiger partial charge on any atom is -0.493 e. The highest BCUT2D eigenvalue weighted by Gasteiger charge is 2.08. The van der Waals surface area contributed by atoms with E-state index in [4.69, 9.17) is 24.7 Å². The van der Waals surface area contributed by atoms with Crippen LogP contribution in [0.1, 0.15) is 25.8 Å². The Morgan fingerprint density at radius 2 is 1.93 bits per heavy atom. The zero-order chi connectivity index (χ0) is 21.6. The van der Waals surface area contributed by atoms with Crippen molar-refractivity contribution in [3.05, 3.63) is 29.8 Å². The molecule has 0 aliphatic heterocycles. The smallest absolute Gasteiger partial charge is 0.331 e. The molecular formula is C20H28N2O7. The van der Waals surface area contributed by atoms with Gasteiger partial charge in [0.1, 0.15) is 0 Å². The summed E-state index contributed by atoms with van der Waals surface area (Å²) in [4.78, 5) is 34.2. The largest absolute Gasteiger partial charge is 0.493 e.